The smallest absolute Gasteiger partial charge is 0.198 e. The van der Waals surface area contributed by atoms with Crippen molar-refractivity contribution in [2.75, 3.05) is 0 Å². The Hall–Kier alpha value is -1.90. The molecule has 2 unspecified atom stereocenters. The van der Waals surface area contributed by atoms with Gasteiger partial charge in [0.25, 0.3) is 0 Å². The van der Waals surface area contributed by atoms with Crippen molar-refractivity contribution in [3.8, 4) is 0 Å². The van der Waals surface area contributed by atoms with Gasteiger partial charge in [-0.1, -0.05) is 87.5 Å². The van der Waals surface area contributed by atoms with Gasteiger partial charge < -0.3 is 9.84 Å². The van der Waals surface area contributed by atoms with Crippen molar-refractivity contribution >= 4 is 6.08 Å². The first-order valence-corrected chi connectivity index (χ1v) is 8.12. The monoisotopic (exact) mass is 308 g/mol. The zero-order valence-corrected chi connectivity index (χ0v) is 14.0. The van der Waals surface area contributed by atoms with E-state index < -0.39 is 11.2 Å². The van der Waals surface area contributed by atoms with Crippen LogP contribution in [0.1, 0.15) is 37.5 Å². The van der Waals surface area contributed by atoms with Gasteiger partial charge in [0, 0.05) is 17.4 Å². The van der Waals surface area contributed by atoms with Crippen LogP contribution in [0.3, 0.4) is 0 Å². The van der Waals surface area contributed by atoms with E-state index in [0.717, 1.165) is 23.1 Å². The number of ether oxygens (including phenoxy) is 1. The van der Waals surface area contributed by atoms with E-state index in [9.17, 15) is 5.11 Å². The Morgan fingerprint density at radius 3 is 2.39 bits per heavy atom. The van der Waals surface area contributed by atoms with Crippen LogP contribution in [0.4, 0.5) is 0 Å². The summed E-state index contributed by atoms with van der Waals surface area (Å²) in [6.07, 6.45) is 4.73. The molecule has 0 bridgehead atoms. The minimum Gasteiger partial charge on any atom is -0.361 e. The maximum atomic E-state index is 11.3. The summed E-state index contributed by atoms with van der Waals surface area (Å²) in [7, 11) is 0. The van der Waals surface area contributed by atoms with Crippen LogP contribution in [0.15, 0.2) is 60.7 Å². The molecule has 1 heterocycles. The number of fused-ring (bicyclic) bond motifs is 1. The Morgan fingerprint density at radius 2 is 1.70 bits per heavy atom. The molecule has 0 saturated carbocycles. The maximum Gasteiger partial charge on any atom is 0.198 e. The zero-order valence-electron chi connectivity index (χ0n) is 14.0. The van der Waals surface area contributed by atoms with Crippen LogP contribution in [0.25, 0.3) is 6.08 Å². The summed E-state index contributed by atoms with van der Waals surface area (Å²) in [5, 5.41) is 11.3. The topological polar surface area (TPSA) is 29.5 Å². The fourth-order valence-corrected chi connectivity index (χ4v) is 3.04. The molecule has 120 valence electrons. The second-order valence-electron chi connectivity index (χ2n) is 7.18. The lowest BCUT2D eigenvalue weighted by molar-refractivity contribution is -0.291. The fourth-order valence-electron chi connectivity index (χ4n) is 3.04. The number of hydrogen-bond donors (Lipinski definition) is 1. The molecule has 3 rings (SSSR count). The van der Waals surface area contributed by atoms with Crippen LogP contribution in [0, 0.1) is 5.41 Å². The highest BCUT2D eigenvalue weighted by Gasteiger charge is 2.48. The number of hydrogen-bond acceptors (Lipinski definition) is 2. The van der Waals surface area contributed by atoms with Gasteiger partial charge >= 0.3 is 0 Å². The molecular weight excluding hydrogens is 284 g/mol. The Balaban J connectivity index is 1.93. The fraction of sp³-hybridized carbons (Fsp3) is 0.333. The first-order chi connectivity index (χ1) is 10.9. The largest absolute Gasteiger partial charge is 0.361 e. The van der Waals surface area contributed by atoms with Crippen molar-refractivity contribution in [1.29, 1.82) is 0 Å². The number of benzene rings is 2. The van der Waals surface area contributed by atoms with Crippen molar-refractivity contribution in [3.05, 3.63) is 77.4 Å². The molecule has 2 nitrogen and oxygen atoms in total. The van der Waals surface area contributed by atoms with E-state index in [2.05, 4.69) is 24.3 Å². The molecule has 0 fully saturated rings. The zero-order chi connectivity index (χ0) is 16.5. The molecule has 2 aromatic rings. The molecule has 2 atom stereocenters. The minimum absolute atomic E-state index is 0.144. The third kappa shape index (κ3) is 3.10. The maximum absolute atomic E-state index is 11.3. The van der Waals surface area contributed by atoms with Gasteiger partial charge in [-0.05, 0) is 11.1 Å². The Bertz CT molecular complexity index is 697. The van der Waals surface area contributed by atoms with Crippen LogP contribution in [-0.2, 0) is 16.9 Å². The highest BCUT2D eigenvalue weighted by atomic mass is 16.6. The van der Waals surface area contributed by atoms with E-state index in [1.54, 1.807) is 0 Å². The molecule has 2 aromatic carbocycles. The summed E-state index contributed by atoms with van der Waals surface area (Å²) in [4.78, 5) is 0. The molecule has 0 amide bonds. The summed E-state index contributed by atoms with van der Waals surface area (Å²) >= 11 is 0. The Labute approximate surface area is 138 Å². The summed E-state index contributed by atoms with van der Waals surface area (Å²) in [6, 6.07) is 18.2. The first kappa shape index (κ1) is 16.0. The molecule has 1 aliphatic rings. The highest BCUT2D eigenvalue weighted by Crippen LogP contribution is 2.45. The standard InChI is InChI=1S/C21H24O2/c1-20(2,3)21(22)19-12-8-7-11-17(19)15-18(23-21)14-13-16-9-5-4-6-10-16/h4-14,18,22H,15H2,1-3H3/b14-13+. The van der Waals surface area contributed by atoms with Gasteiger partial charge in [-0.3, -0.25) is 0 Å². The molecule has 1 N–H and O–H groups in total. The van der Waals surface area contributed by atoms with Gasteiger partial charge in [0.2, 0.25) is 0 Å². The van der Waals surface area contributed by atoms with Crippen molar-refractivity contribution in [2.24, 2.45) is 5.41 Å². The predicted molar refractivity (Wildman–Crippen MR) is 93.8 cm³/mol. The SMILES string of the molecule is CC(C)(C)C1(O)OC(/C=C/c2ccccc2)Cc2ccccc21. The van der Waals surface area contributed by atoms with Gasteiger partial charge in [-0.2, -0.15) is 0 Å². The Morgan fingerprint density at radius 1 is 1.04 bits per heavy atom. The molecule has 0 radical (unpaired) electrons. The third-order valence-electron chi connectivity index (χ3n) is 4.44. The van der Waals surface area contributed by atoms with Crippen molar-refractivity contribution < 1.29 is 9.84 Å². The first-order valence-electron chi connectivity index (χ1n) is 8.12. The van der Waals surface area contributed by atoms with Crippen molar-refractivity contribution in [3.63, 3.8) is 0 Å². The average Bonchev–Trinajstić information content (AvgIpc) is 2.53. The van der Waals surface area contributed by atoms with Gasteiger partial charge in [-0.15, -0.1) is 0 Å². The van der Waals surface area contributed by atoms with Crippen LogP contribution in [0.2, 0.25) is 0 Å². The lowest BCUT2D eigenvalue weighted by atomic mass is 9.76. The van der Waals surface area contributed by atoms with Gasteiger partial charge in [0.05, 0.1) is 6.10 Å². The summed E-state index contributed by atoms with van der Waals surface area (Å²) in [5.74, 6) is -1.28. The normalized spacial score (nSPS) is 24.6. The van der Waals surface area contributed by atoms with E-state index in [1.807, 2.05) is 63.2 Å². The molecule has 23 heavy (non-hydrogen) atoms. The predicted octanol–water partition coefficient (Wildman–Crippen LogP) is 4.53. The average molecular weight is 308 g/mol. The van der Waals surface area contributed by atoms with Crippen LogP contribution in [-0.4, -0.2) is 11.2 Å². The lowest BCUT2D eigenvalue weighted by Crippen LogP contribution is -2.48. The van der Waals surface area contributed by atoms with Crippen molar-refractivity contribution in [2.45, 2.75) is 39.1 Å². The highest BCUT2D eigenvalue weighted by molar-refractivity contribution is 5.50. The molecular formula is C21H24O2. The number of aliphatic hydroxyl groups is 1. The quantitative estimate of drug-likeness (QED) is 0.883. The number of rotatable bonds is 2. The van der Waals surface area contributed by atoms with Crippen LogP contribution in [0.5, 0.6) is 0 Å². The van der Waals surface area contributed by atoms with E-state index >= 15 is 0 Å². The molecule has 0 spiro atoms. The van der Waals surface area contributed by atoms with Gasteiger partial charge in [0.1, 0.15) is 0 Å². The molecule has 0 aliphatic carbocycles. The van der Waals surface area contributed by atoms with Gasteiger partial charge in [-0.25, -0.2) is 0 Å². The van der Waals surface area contributed by atoms with E-state index in [1.165, 1.54) is 0 Å². The second kappa shape index (κ2) is 5.95. The third-order valence-corrected chi connectivity index (χ3v) is 4.44. The van der Waals surface area contributed by atoms with E-state index in [-0.39, 0.29) is 6.10 Å². The second-order valence-corrected chi connectivity index (χ2v) is 7.18. The van der Waals surface area contributed by atoms with Crippen LogP contribution >= 0.6 is 0 Å². The molecule has 0 saturated heterocycles. The molecule has 2 heteroatoms. The Kier molecular flexibility index (Phi) is 4.13. The van der Waals surface area contributed by atoms with Gasteiger partial charge in [0.15, 0.2) is 5.79 Å². The minimum atomic E-state index is -1.28. The summed E-state index contributed by atoms with van der Waals surface area (Å²) < 4.78 is 6.16. The summed E-state index contributed by atoms with van der Waals surface area (Å²) in [6.45, 7) is 6.02. The van der Waals surface area contributed by atoms with Crippen LogP contribution < -0.4 is 0 Å². The summed E-state index contributed by atoms with van der Waals surface area (Å²) in [5.41, 5.74) is 2.76. The lowest BCUT2D eigenvalue weighted by Gasteiger charge is -2.46. The molecule has 0 aromatic heterocycles. The van der Waals surface area contributed by atoms with Crippen molar-refractivity contribution in [1.82, 2.24) is 0 Å². The van der Waals surface area contributed by atoms with E-state index in [4.69, 9.17) is 4.74 Å². The molecule has 1 aliphatic heterocycles. The van der Waals surface area contributed by atoms with E-state index in [0.29, 0.717) is 0 Å².